The van der Waals surface area contributed by atoms with Crippen LogP contribution in [0.5, 0.6) is 0 Å². The molecule has 0 aromatic rings. The van der Waals surface area contributed by atoms with Gasteiger partial charge in [0.15, 0.2) is 0 Å². The number of carbonyl (C=O) groups excluding carboxylic acids is 2. The number of cyclic esters (lactones) is 1. The Morgan fingerprint density at radius 2 is 2.20 bits per heavy atom. The number of carbonyl (C=O) groups is 2. The Labute approximate surface area is 89.3 Å². The van der Waals surface area contributed by atoms with Gasteiger partial charge in [0.05, 0.1) is 13.0 Å². The standard InChI is InChI=1S/C10H17NO4/c1-10(2,3)15-8(12)4-5-11-6-7-14-9(11)13/h4-7H2,1-3H3. The average Bonchev–Trinajstić information content (AvgIpc) is 2.44. The summed E-state index contributed by atoms with van der Waals surface area (Å²) in [4.78, 5) is 23.8. The van der Waals surface area contributed by atoms with Crippen LogP contribution in [0.15, 0.2) is 0 Å². The van der Waals surface area contributed by atoms with Gasteiger partial charge in [-0.05, 0) is 20.8 Å². The zero-order valence-corrected chi connectivity index (χ0v) is 9.41. The predicted octanol–water partition coefficient (Wildman–Crippen LogP) is 1.17. The molecule has 1 aliphatic heterocycles. The highest BCUT2D eigenvalue weighted by Gasteiger charge is 2.23. The quantitative estimate of drug-likeness (QED) is 0.663. The topological polar surface area (TPSA) is 55.8 Å². The van der Waals surface area contributed by atoms with Crippen molar-refractivity contribution >= 4 is 12.1 Å². The summed E-state index contributed by atoms with van der Waals surface area (Å²) in [6, 6.07) is 0. The van der Waals surface area contributed by atoms with E-state index in [1.807, 2.05) is 20.8 Å². The normalized spacial score (nSPS) is 16.5. The van der Waals surface area contributed by atoms with Gasteiger partial charge < -0.3 is 14.4 Å². The molecule has 86 valence electrons. The van der Waals surface area contributed by atoms with Crippen molar-refractivity contribution in [2.24, 2.45) is 0 Å². The van der Waals surface area contributed by atoms with Crippen LogP contribution in [0.25, 0.3) is 0 Å². The minimum atomic E-state index is -0.470. The van der Waals surface area contributed by atoms with Gasteiger partial charge in [0, 0.05) is 6.54 Å². The van der Waals surface area contributed by atoms with Gasteiger partial charge in [-0.25, -0.2) is 4.79 Å². The van der Waals surface area contributed by atoms with Crippen LogP contribution in [0.1, 0.15) is 27.2 Å². The summed E-state index contributed by atoms with van der Waals surface area (Å²) < 4.78 is 9.85. The molecular weight excluding hydrogens is 198 g/mol. The molecule has 0 bridgehead atoms. The van der Waals surface area contributed by atoms with E-state index in [4.69, 9.17) is 9.47 Å². The Morgan fingerprint density at radius 1 is 1.53 bits per heavy atom. The van der Waals surface area contributed by atoms with E-state index in [0.29, 0.717) is 19.7 Å². The first-order valence-electron chi connectivity index (χ1n) is 5.02. The molecule has 0 saturated carbocycles. The van der Waals surface area contributed by atoms with E-state index in [9.17, 15) is 9.59 Å². The van der Waals surface area contributed by atoms with Gasteiger partial charge in [-0.2, -0.15) is 0 Å². The molecule has 1 saturated heterocycles. The minimum Gasteiger partial charge on any atom is -0.460 e. The maximum absolute atomic E-state index is 11.3. The Kier molecular flexibility index (Phi) is 3.55. The summed E-state index contributed by atoms with van der Waals surface area (Å²) in [6.45, 7) is 6.78. The summed E-state index contributed by atoms with van der Waals surface area (Å²) in [7, 11) is 0. The number of ether oxygens (including phenoxy) is 2. The summed E-state index contributed by atoms with van der Waals surface area (Å²) in [6.07, 6.45) is -0.134. The van der Waals surface area contributed by atoms with E-state index in [2.05, 4.69) is 0 Å². The van der Waals surface area contributed by atoms with Crippen molar-refractivity contribution in [1.82, 2.24) is 4.90 Å². The Bertz CT molecular complexity index is 257. The fraction of sp³-hybridized carbons (Fsp3) is 0.800. The van der Waals surface area contributed by atoms with E-state index in [1.54, 1.807) is 0 Å². The van der Waals surface area contributed by atoms with Crippen LogP contribution >= 0.6 is 0 Å². The van der Waals surface area contributed by atoms with Gasteiger partial charge in [-0.1, -0.05) is 0 Å². The van der Waals surface area contributed by atoms with Gasteiger partial charge in [-0.15, -0.1) is 0 Å². The highest BCUT2D eigenvalue weighted by Crippen LogP contribution is 2.09. The third-order valence-corrected chi connectivity index (χ3v) is 1.85. The molecular formula is C10H17NO4. The number of esters is 1. The van der Waals surface area contributed by atoms with Crippen LogP contribution in [-0.4, -0.2) is 42.3 Å². The van der Waals surface area contributed by atoms with Crippen LogP contribution in [-0.2, 0) is 14.3 Å². The van der Waals surface area contributed by atoms with Crippen molar-refractivity contribution in [3.63, 3.8) is 0 Å². The molecule has 0 radical (unpaired) electrons. The molecule has 0 atom stereocenters. The molecule has 0 unspecified atom stereocenters. The van der Waals surface area contributed by atoms with Crippen molar-refractivity contribution in [3.05, 3.63) is 0 Å². The van der Waals surface area contributed by atoms with Gasteiger partial charge in [0.25, 0.3) is 0 Å². The van der Waals surface area contributed by atoms with Gasteiger partial charge in [0.2, 0.25) is 0 Å². The van der Waals surface area contributed by atoms with Crippen LogP contribution < -0.4 is 0 Å². The van der Waals surface area contributed by atoms with Crippen LogP contribution in [0.2, 0.25) is 0 Å². The first kappa shape index (κ1) is 11.8. The molecule has 0 spiro atoms. The lowest BCUT2D eigenvalue weighted by molar-refractivity contribution is -0.154. The highest BCUT2D eigenvalue weighted by atomic mass is 16.6. The fourth-order valence-electron chi connectivity index (χ4n) is 1.25. The maximum atomic E-state index is 11.3. The maximum Gasteiger partial charge on any atom is 0.409 e. The van der Waals surface area contributed by atoms with Gasteiger partial charge >= 0.3 is 12.1 Å². The molecule has 1 aliphatic rings. The number of amides is 1. The van der Waals surface area contributed by atoms with Crippen LogP contribution in [0.3, 0.4) is 0 Å². The second-order valence-corrected chi connectivity index (χ2v) is 4.44. The second-order valence-electron chi connectivity index (χ2n) is 4.44. The van der Waals surface area contributed by atoms with E-state index < -0.39 is 5.60 Å². The van der Waals surface area contributed by atoms with Crippen LogP contribution in [0.4, 0.5) is 4.79 Å². The third-order valence-electron chi connectivity index (χ3n) is 1.85. The van der Waals surface area contributed by atoms with Crippen molar-refractivity contribution in [2.45, 2.75) is 32.8 Å². The SMILES string of the molecule is CC(C)(C)OC(=O)CCN1CCOC1=O. The molecule has 15 heavy (non-hydrogen) atoms. The number of hydrogen-bond donors (Lipinski definition) is 0. The number of nitrogens with zero attached hydrogens (tertiary/aromatic N) is 1. The Hall–Kier alpha value is -1.26. The lowest BCUT2D eigenvalue weighted by Gasteiger charge is -2.20. The summed E-state index contributed by atoms with van der Waals surface area (Å²) in [5.74, 6) is -0.290. The molecule has 5 heteroatoms. The number of rotatable bonds is 3. The zero-order chi connectivity index (χ0) is 11.5. The van der Waals surface area contributed by atoms with Crippen LogP contribution in [0, 0.1) is 0 Å². The lowest BCUT2D eigenvalue weighted by atomic mass is 10.2. The zero-order valence-electron chi connectivity index (χ0n) is 9.41. The monoisotopic (exact) mass is 215 g/mol. The predicted molar refractivity (Wildman–Crippen MR) is 53.4 cm³/mol. The molecule has 0 aromatic heterocycles. The molecule has 1 amide bonds. The first-order valence-corrected chi connectivity index (χ1v) is 5.02. The van der Waals surface area contributed by atoms with E-state index >= 15 is 0 Å². The minimum absolute atomic E-state index is 0.215. The second kappa shape index (κ2) is 4.51. The lowest BCUT2D eigenvalue weighted by Crippen LogP contribution is -2.30. The molecule has 0 aromatic carbocycles. The third kappa shape index (κ3) is 4.18. The van der Waals surface area contributed by atoms with Crippen molar-refractivity contribution in [2.75, 3.05) is 19.7 Å². The highest BCUT2D eigenvalue weighted by molar-refractivity contribution is 5.73. The molecule has 5 nitrogen and oxygen atoms in total. The van der Waals surface area contributed by atoms with Crippen molar-refractivity contribution in [3.8, 4) is 0 Å². The van der Waals surface area contributed by atoms with Gasteiger partial charge in [0.1, 0.15) is 12.2 Å². The van der Waals surface area contributed by atoms with Crippen molar-refractivity contribution in [1.29, 1.82) is 0 Å². The fourth-order valence-corrected chi connectivity index (χ4v) is 1.25. The summed E-state index contributed by atoms with van der Waals surface area (Å²) >= 11 is 0. The Morgan fingerprint density at radius 3 is 2.67 bits per heavy atom. The molecule has 1 fully saturated rings. The van der Waals surface area contributed by atoms with E-state index in [1.165, 1.54) is 4.90 Å². The molecule has 1 rings (SSSR count). The van der Waals surface area contributed by atoms with Crippen molar-refractivity contribution < 1.29 is 19.1 Å². The molecule has 1 heterocycles. The largest absolute Gasteiger partial charge is 0.460 e. The first-order chi connectivity index (χ1) is 6.88. The summed E-state index contributed by atoms with van der Waals surface area (Å²) in [5, 5.41) is 0. The Balaban J connectivity index is 2.25. The average molecular weight is 215 g/mol. The number of hydrogen-bond acceptors (Lipinski definition) is 4. The van der Waals surface area contributed by atoms with Gasteiger partial charge in [-0.3, -0.25) is 4.79 Å². The van der Waals surface area contributed by atoms with E-state index in [-0.39, 0.29) is 18.5 Å². The molecule has 0 aliphatic carbocycles. The van der Waals surface area contributed by atoms with E-state index in [0.717, 1.165) is 0 Å². The molecule has 0 N–H and O–H groups in total. The smallest absolute Gasteiger partial charge is 0.409 e. The summed E-state index contributed by atoms with van der Waals surface area (Å²) in [5.41, 5.74) is -0.470.